The lowest BCUT2D eigenvalue weighted by Gasteiger charge is -2.21. The van der Waals surface area contributed by atoms with E-state index >= 15 is 0 Å². The highest BCUT2D eigenvalue weighted by atomic mass is 16.6. The number of anilines is 1. The number of hydrogen-bond donors (Lipinski definition) is 1. The predicted molar refractivity (Wildman–Crippen MR) is 60.9 cm³/mol. The maximum atomic E-state index is 8.76. The molecule has 1 aliphatic heterocycles. The fourth-order valence-corrected chi connectivity index (χ4v) is 1.61. The third kappa shape index (κ3) is 2.03. The number of benzene rings is 1. The van der Waals surface area contributed by atoms with Crippen LogP contribution < -0.4 is 14.8 Å². The standard InChI is InChI=1S/C12H14N2O2/c1-8-5-11-12(16-4-3-15-11)6-10(8)14-9(2)7-13/h5-6,9,14H,3-4H2,1-2H3. The first kappa shape index (κ1) is 10.6. The second-order valence-electron chi connectivity index (χ2n) is 3.81. The van der Waals surface area contributed by atoms with Crippen LogP contribution in [0.1, 0.15) is 12.5 Å². The van der Waals surface area contributed by atoms with Gasteiger partial charge >= 0.3 is 0 Å². The van der Waals surface area contributed by atoms with Crippen LogP contribution in [0.15, 0.2) is 12.1 Å². The first-order valence-electron chi connectivity index (χ1n) is 5.27. The van der Waals surface area contributed by atoms with E-state index in [1.54, 1.807) is 0 Å². The van der Waals surface area contributed by atoms with Gasteiger partial charge in [0.1, 0.15) is 19.3 Å². The first-order chi connectivity index (χ1) is 7.70. The molecule has 2 rings (SSSR count). The third-order valence-electron chi connectivity index (χ3n) is 2.45. The number of fused-ring (bicyclic) bond motifs is 1. The van der Waals surface area contributed by atoms with Crippen molar-refractivity contribution in [2.75, 3.05) is 18.5 Å². The molecule has 0 aliphatic carbocycles. The Kier molecular flexibility index (Phi) is 2.86. The van der Waals surface area contributed by atoms with Gasteiger partial charge in [-0.1, -0.05) is 0 Å². The molecule has 1 heterocycles. The molecule has 0 saturated heterocycles. The summed E-state index contributed by atoms with van der Waals surface area (Å²) in [6, 6.07) is 5.73. The van der Waals surface area contributed by atoms with Crippen LogP contribution >= 0.6 is 0 Å². The van der Waals surface area contributed by atoms with E-state index in [0.29, 0.717) is 13.2 Å². The Bertz CT molecular complexity index is 437. The predicted octanol–water partition coefficient (Wildman–Crippen LogP) is 2.09. The Morgan fingerprint density at radius 1 is 1.31 bits per heavy atom. The maximum absolute atomic E-state index is 8.76. The lowest BCUT2D eigenvalue weighted by atomic mass is 10.1. The molecule has 4 heteroatoms. The van der Waals surface area contributed by atoms with Gasteiger partial charge in [0.25, 0.3) is 0 Å². The number of rotatable bonds is 2. The lowest BCUT2D eigenvalue weighted by Crippen LogP contribution is -2.17. The van der Waals surface area contributed by atoms with Crippen LogP contribution in [-0.2, 0) is 0 Å². The van der Waals surface area contributed by atoms with Gasteiger partial charge in [-0.3, -0.25) is 0 Å². The lowest BCUT2D eigenvalue weighted by molar-refractivity contribution is 0.171. The number of nitriles is 1. The van der Waals surface area contributed by atoms with Crippen molar-refractivity contribution in [3.05, 3.63) is 17.7 Å². The van der Waals surface area contributed by atoms with Crippen LogP contribution in [0.25, 0.3) is 0 Å². The highest BCUT2D eigenvalue weighted by Gasteiger charge is 2.14. The average molecular weight is 218 g/mol. The molecule has 0 saturated carbocycles. The van der Waals surface area contributed by atoms with Gasteiger partial charge in [-0.25, -0.2) is 0 Å². The number of hydrogen-bond acceptors (Lipinski definition) is 4. The molecule has 1 aliphatic rings. The van der Waals surface area contributed by atoms with Crippen molar-refractivity contribution in [2.24, 2.45) is 0 Å². The van der Waals surface area contributed by atoms with Crippen molar-refractivity contribution < 1.29 is 9.47 Å². The third-order valence-corrected chi connectivity index (χ3v) is 2.45. The molecule has 4 nitrogen and oxygen atoms in total. The summed E-state index contributed by atoms with van der Waals surface area (Å²) in [4.78, 5) is 0. The van der Waals surface area contributed by atoms with Crippen LogP contribution in [0.5, 0.6) is 11.5 Å². The molecule has 1 unspecified atom stereocenters. The Morgan fingerprint density at radius 3 is 2.56 bits per heavy atom. The van der Waals surface area contributed by atoms with E-state index in [9.17, 15) is 0 Å². The quantitative estimate of drug-likeness (QED) is 0.825. The van der Waals surface area contributed by atoms with Gasteiger partial charge in [-0.2, -0.15) is 5.26 Å². The van der Waals surface area contributed by atoms with Crippen molar-refractivity contribution in [3.63, 3.8) is 0 Å². The topological polar surface area (TPSA) is 54.3 Å². The fourth-order valence-electron chi connectivity index (χ4n) is 1.61. The van der Waals surface area contributed by atoms with Gasteiger partial charge in [0.2, 0.25) is 0 Å². The normalized spacial score (nSPS) is 15.1. The average Bonchev–Trinajstić information content (AvgIpc) is 2.30. The van der Waals surface area contributed by atoms with Crippen LogP contribution in [0.2, 0.25) is 0 Å². The minimum atomic E-state index is -0.221. The highest BCUT2D eigenvalue weighted by molar-refractivity contribution is 5.61. The monoisotopic (exact) mass is 218 g/mol. The maximum Gasteiger partial charge on any atom is 0.163 e. The zero-order valence-electron chi connectivity index (χ0n) is 9.41. The van der Waals surface area contributed by atoms with E-state index in [2.05, 4.69) is 11.4 Å². The van der Waals surface area contributed by atoms with Crippen LogP contribution in [0.4, 0.5) is 5.69 Å². The van der Waals surface area contributed by atoms with Gasteiger partial charge < -0.3 is 14.8 Å². The molecule has 0 bridgehead atoms. The first-order valence-corrected chi connectivity index (χ1v) is 5.27. The minimum Gasteiger partial charge on any atom is -0.486 e. The SMILES string of the molecule is Cc1cc2c(cc1NC(C)C#N)OCCO2. The van der Waals surface area contributed by atoms with Crippen molar-refractivity contribution in [1.82, 2.24) is 0 Å². The molecule has 0 amide bonds. The van der Waals surface area contributed by atoms with E-state index in [4.69, 9.17) is 14.7 Å². The smallest absolute Gasteiger partial charge is 0.163 e. The zero-order valence-corrected chi connectivity index (χ0v) is 9.41. The zero-order chi connectivity index (χ0) is 11.5. The summed E-state index contributed by atoms with van der Waals surface area (Å²) < 4.78 is 11.0. The number of aryl methyl sites for hydroxylation is 1. The summed E-state index contributed by atoms with van der Waals surface area (Å²) in [6.45, 7) is 4.96. The van der Waals surface area contributed by atoms with Gasteiger partial charge in [-0.05, 0) is 25.5 Å². The highest BCUT2D eigenvalue weighted by Crippen LogP contribution is 2.35. The van der Waals surface area contributed by atoms with Crippen LogP contribution in [-0.4, -0.2) is 19.3 Å². The minimum absolute atomic E-state index is 0.221. The van der Waals surface area contributed by atoms with Crippen molar-refractivity contribution in [1.29, 1.82) is 5.26 Å². The molecule has 84 valence electrons. The van der Waals surface area contributed by atoms with E-state index in [1.165, 1.54) is 0 Å². The second kappa shape index (κ2) is 4.31. The number of nitrogens with zero attached hydrogens (tertiary/aromatic N) is 1. The largest absolute Gasteiger partial charge is 0.486 e. The summed E-state index contributed by atoms with van der Waals surface area (Å²) in [7, 11) is 0. The van der Waals surface area contributed by atoms with Gasteiger partial charge in [-0.15, -0.1) is 0 Å². The summed E-state index contributed by atoms with van der Waals surface area (Å²) in [5.41, 5.74) is 1.96. The number of nitrogens with one attached hydrogen (secondary N) is 1. The summed E-state index contributed by atoms with van der Waals surface area (Å²) in [5, 5.41) is 11.9. The Balaban J connectivity index is 2.29. The van der Waals surface area contributed by atoms with Crippen LogP contribution in [0.3, 0.4) is 0 Å². The summed E-state index contributed by atoms with van der Waals surface area (Å²) in [5.74, 6) is 1.52. The molecule has 1 aromatic rings. The molecule has 0 aromatic heterocycles. The van der Waals surface area contributed by atoms with Crippen molar-refractivity contribution in [3.8, 4) is 17.6 Å². The van der Waals surface area contributed by atoms with E-state index in [1.807, 2.05) is 26.0 Å². The Hall–Kier alpha value is -1.89. The molecule has 1 aromatic carbocycles. The molecule has 0 fully saturated rings. The molecule has 1 atom stereocenters. The Morgan fingerprint density at radius 2 is 1.94 bits per heavy atom. The fraction of sp³-hybridized carbons (Fsp3) is 0.417. The van der Waals surface area contributed by atoms with E-state index in [0.717, 1.165) is 22.7 Å². The second-order valence-corrected chi connectivity index (χ2v) is 3.81. The number of ether oxygens (including phenoxy) is 2. The molecular weight excluding hydrogens is 204 g/mol. The molecule has 0 spiro atoms. The Labute approximate surface area is 94.8 Å². The molecular formula is C12H14N2O2. The van der Waals surface area contributed by atoms with Crippen molar-refractivity contribution in [2.45, 2.75) is 19.9 Å². The van der Waals surface area contributed by atoms with Gasteiger partial charge in [0, 0.05) is 11.8 Å². The summed E-state index contributed by atoms with van der Waals surface area (Å²) >= 11 is 0. The van der Waals surface area contributed by atoms with Crippen LogP contribution in [0, 0.1) is 18.3 Å². The summed E-state index contributed by atoms with van der Waals surface area (Å²) in [6.07, 6.45) is 0. The van der Waals surface area contributed by atoms with E-state index in [-0.39, 0.29) is 6.04 Å². The van der Waals surface area contributed by atoms with Crippen molar-refractivity contribution >= 4 is 5.69 Å². The van der Waals surface area contributed by atoms with Gasteiger partial charge in [0.05, 0.1) is 6.07 Å². The molecule has 0 radical (unpaired) electrons. The van der Waals surface area contributed by atoms with Gasteiger partial charge in [0.15, 0.2) is 11.5 Å². The van der Waals surface area contributed by atoms with E-state index < -0.39 is 0 Å². The molecule has 16 heavy (non-hydrogen) atoms. The molecule has 1 N–H and O–H groups in total.